The molecule has 4 heteroatoms. The molecule has 1 aliphatic carbocycles. The highest BCUT2D eigenvalue weighted by Crippen LogP contribution is 2.39. The summed E-state index contributed by atoms with van der Waals surface area (Å²) in [7, 11) is 3.40. The van der Waals surface area contributed by atoms with Crippen LogP contribution in [0.3, 0.4) is 0 Å². The molecule has 0 atom stereocenters. The van der Waals surface area contributed by atoms with Gasteiger partial charge in [-0.15, -0.1) is 0 Å². The van der Waals surface area contributed by atoms with Crippen molar-refractivity contribution >= 4 is 10.9 Å². The summed E-state index contributed by atoms with van der Waals surface area (Å²) in [6.45, 7) is 0.736. The lowest BCUT2D eigenvalue weighted by atomic mass is 9.88. The maximum absolute atomic E-state index is 5.48. The van der Waals surface area contributed by atoms with Gasteiger partial charge in [-0.1, -0.05) is 43.2 Å². The van der Waals surface area contributed by atoms with Crippen molar-refractivity contribution in [1.29, 1.82) is 0 Å². The van der Waals surface area contributed by atoms with Crippen molar-refractivity contribution in [3.8, 4) is 11.5 Å². The number of para-hydroxylation sites is 1. The van der Waals surface area contributed by atoms with E-state index in [1.807, 2.05) is 12.1 Å². The van der Waals surface area contributed by atoms with Gasteiger partial charge in [0.25, 0.3) is 0 Å². The summed E-state index contributed by atoms with van der Waals surface area (Å²) in [6.07, 6.45) is 4.79. The van der Waals surface area contributed by atoms with Crippen molar-refractivity contribution in [2.24, 2.45) is 0 Å². The van der Waals surface area contributed by atoms with Gasteiger partial charge in [0.05, 0.1) is 19.9 Å². The molecule has 140 valence electrons. The molecule has 0 saturated heterocycles. The largest absolute Gasteiger partial charge is 0.497 e. The predicted octanol–water partition coefficient (Wildman–Crippen LogP) is 4.81. The molecule has 0 radical (unpaired) electrons. The number of pyridine rings is 1. The summed E-state index contributed by atoms with van der Waals surface area (Å²) in [4.78, 5) is 4.85. The molecule has 1 saturated carbocycles. The van der Waals surface area contributed by atoms with Gasteiger partial charge in [-0.3, -0.25) is 0 Å². The van der Waals surface area contributed by atoms with Crippen LogP contribution in [0.25, 0.3) is 10.9 Å². The first-order valence-corrected chi connectivity index (χ1v) is 9.56. The molecule has 0 unspecified atom stereocenters. The maximum atomic E-state index is 5.48. The second kappa shape index (κ2) is 7.57. The van der Waals surface area contributed by atoms with Crippen LogP contribution in [0.4, 0.5) is 0 Å². The summed E-state index contributed by atoms with van der Waals surface area (Å²) in [5.74, 6) is 1.72. The molecular weight excluding hydrogens is 336 g/mol. The molecule has 0 bridgehead atoms. The topological polar surface area (TPSA) is 43.4 Å². The fraction of sp³-hybridized carbons (Fsp3) is 0.348. The van der Waals surface area contributed by atoms with Crippen molar-refractivity contribution in [2.75, 3.05) is 14.2 Å². The molecule has 1 N–H and O–H groups in total. The normalized spacial score (nSPS) is 15.8. The van der Waals surface area contributed by atoms with E-state index in [-0.39, 0.29) is 5.54 Å². The van der Waals surface area contributed by atoms with Gasteiger partial charge >= 0.3 is 0 Å². The van der Waals surface area contributed by atoms with E-state index in [4.69, 9.17) is 14.5 Å². The van der Waals surface area contributed by atoms with E-state index in [1.54, 1.807) is 14.2 Å². The van der Waals surface area contributed by atoms with Crippen LogP contribution >= 0.6 is 0 Å². The fourth-order valence-corrected chi connectivity index (χ4v) is 4.14. The fourth-order valence-electron chi connectivity index (χ4n) is 4.14. The Kier molecular flexibility index (Phi) is 4.99. The highest BCUT2D eigenvalue weighted by atomic mass is 16.5. The zero-order valence-electron chi connectivity index (χ0n) is 16.0. The lowest BCUT2D eigenvalue weighted by molar-refractivity contribution is 0.336. The molecule has 0 amide bonds. The minimum Gasteiger partial charge on any atom is -0.497 e. The van der Waals surface area contributed by atoms with Crippen molar-refractivity contribution in [3.63, 3.8) is 0 Å². The number of benzene rings is 2. The van der Waals surface area contributed by atoms with Crippen LogP contribution in [-0.4, -0.2) is 19.2 Å². The van der Waals surface area contributed by atoms with Gasteiger partial charge in [-0.2, -0.15) is 0 Å². The molecule has 3 aromatic rings. The predicted molar refractivity (Wildman–Crippen MR) is 108 cm³/mol. The summed E-state index contributed by atoms with van der Waals surface area (Å²) < 4.78 is 10.8. The third-order valence-corrected chi connectivity index (χ3v) is 5.67. The number of nitrogens with zero attached hydrogens (tertiary/aromatic N) is 1. The van der Waals surface area contributed by atoms with Gasteiger partial charge < -0.3 is 14.8 Å². The molecule has 1 aliphatic rings. The first-order valence-electron chi connectivity index (χ1n) is 9.56. The second-order valence-electron chi connectivity index (χ2n) is 7.21. The third-order valence-electron chi connectivity index (χ3n) is 5.67. The van der Waals surface area contributed by atoms with E-state index in [2.05, 4.69) is 47.8 Å². The lowest BCUT2D eigenvalue weighted by Crippen LogP contribution is -2.39. The zero-order valence-corrected chi connectivity index (χ0v) is 16.0. The van der Waals surface area contributed by atoms with Crippen LogP contribution in [-0.2, 0) is 12.1 Å². The Morgan fingerprint density at radius 1 is 0.926 bits per heavy atom. The molecule has 27 heavy (non-hydrogen) atoms. The van der Waals surface area contributed by atoms with Gasteiger partial charge in [-0.05, 0) is 42.7 Å². The minimum atomic E-state index is 0.0175. The smallest absolute Gasteiger partial charge is 0.145 e. The van der Waals surface area contributed by atoms with Gasteiger partial charge in [0.2, 0.25) is 0 Å². The Balaban J connectivity index is 1.59. The van der Waals surface area contributed by atoms with E-state index in [9.17, 15) is 0 Å². The molecule has 1 fully saturated rings. The van der Waals surface area contributed by atoms with Gasteiger partial charge in [0.1, 0.15) is 17.0 Å². The van der Waals surface area contributed by atoms with Gasteiger partial charge in [0, 0.05) is 17.5 Å². The lowest BCUT2D eigenvalue weighted by Gasteiger charge is -2.31. The number of nitrogens with one attached hydrogen (secondary N) is 1. The first-order chi connectivity index (χ1) is 13.2. The third kappa shape index (κ3) is 3.50. The van der Waals surface area contributed by atoms with Crippen LogP contribution in [0, 0.1) is 0 Å². The molecule has 4 nitrogen and oxygen atoms in total. The average molecular weight is 362 g/mol. The van der Waals surface area contributed by atoms with Crippen LogP contribution < -0.4 is 14.8 Å². The molecule has 1 aromatic heterocycles. The molecule has 0 spiro atoms. The second-order valence-corrected chi connectivity index (χ2v) is 7.21. The Labute approximate surface area is 160 Å². The number of aromatic nitrogens is 1. The molecule has 0 aliphatic heterocycles. The van der Waals surface area contributed by atoms with Crippen LogP contribution in [0.15, 0.2) is 54.6 Å². The molecular formula is C23H26N2O2. The Bertz CT molecular complexity index is 915. The van der Waals surface area contributed by atoms with Crippen LogP contribution in [0.2, 0.25) is 0 Å². The zero-order chi connectivity index (χ0) is 18.7. The maximum Gasteiger partial charge on any atom is 0.145 e. The summed E-state index contributed by atoms with van der Waals surface area (Å²) >= 11 is 0. The summed E-state index contributed by atoms with van der Waals surface area (Å²) in [5, 5.41) is 4.92. The minimum absolute atomic E-state index is 0.0175. The SMILES string of the molecule is COc1ccc(C2(NCc3ccc4cccc(OC)c4n3)CCCC2)cc1. The monoisotopic (exact) mass is 362 g/mol. The highest BCUT2D eigenvalue weighted by Gasteiger charge is 2.35. The van der Waals surface area contributed by atoms with E-state index < -0.39 is 0 Å². The van der Waals surface area contributed by atoms with Crippen molar-refractivity contribution in [2.45, 2.75) is 37.8 Å². The number of methoxy groups -OCH3 is 2. The number of hydrogen-bond acceptors (Lipinski definition) is 4. The van der Waals surface area contributed by atoms with E-state index >= 15 is 0 Å². The number of fused-ring (bicyclic) bond motifs is 1. The Hall–Kier alpha value is -2.59. The van der Waals surface area contributed by atoms with Gasteiger partial charge in [-0.25, -0.2) is 4.98 Å². The van der Waals surface area contributed by atoms with E-state index in [0.29, 0.717) is 0 Å². The highest BCUT2D eigenvalue weighted by molar-refractivity contribution is 5.84. The van der Waals surface area contributed by atoms with Crippen molar-refractivity contribution in [1.82, 2.24) is 10.3 Å². The summed E-state index contributed by atoms with van der Waals surface area (Å²) in [5.41, 5.74) is 3.30. The average Bonchev–Trinajstić information content (AvgIpc) is 3.22. The van der Waals surface area contributed by atoms with Crippen LogP contribution in [0.5, 0.6) is 11.5 Å². The number of ether oxygens (including phenoxy) is 2. The Morgan fingerprint density at radius 3 is 2.41 bits per heavy atom. The quantitative estimate of drug-likeness (QED) is 0.683. The van der Waals surface area contributed by atoms with Crippen molar-refractivity contribution in [3.05, 3.63) is 65.9 Å². The Morgan fingerprint density at radius 2 is 1.70 bits per heavy atom. The van der Waals surface area contributed by atoms with Crippen molar-refractivity contribution < 1.29 is 9.47 Å². The van der Waals surface area contributed by atoms with Crippen LogP contribution in [0.1, 0.15) is 36.9 Å². The standard InChI is InChI=1S/C23H26N2O2/c1-26-20-12-9-18(10-13-20)23(14-3-4-15-23)24-16-19-11-8-17-6-5-7-21(27-2)22(17)25-19/h5-13,24H,3-4,14-16H2,1-2H3. The summed E-state index contributed by atoms with van der Waals surface area (Å²) in [6, 6.07) is 18.7. The molecule has 2 aromatic carbocycles. The van der Waals surface area contributed by atoms with Gasteiger partial charge in [0.15, 0.2) is 0 Å². The molecule has 1 heterocycles. The number of rotatable bonds is 6. The molecule has 4 rings (SSSR count). The number of hydrogen-bond donors (Lipinski definition) is 1. The van der Waals surface area contributed by atoms with E-state index in [1.165, 1.54) is 18.4 Å². The van der Waals surface area contributed by atoms with E-state index in [0.717, 1.165) is 47.5 Å². The first kappa shape index (κ1) is 17.8.